The lowest BCUT2D eigenvalue weighted by atomic mass is 9.79. The molecule has 202 valence electrons. The fourth-order valence-corrected chi connectivity index (χ4v) is 6.59. The molecule has 2 heterocycles. The van der Waals surface area contributed by atoms with E-state index in [0.29, 0.717) is 18.4 Å². The number of unbranched alkanes of at least 4 members (excludes halogenated alkanes) is 1. The second-order valence-electron chi connectivity index (χ2n) is 11.8. The highest BCUT2D eigenvalue weighted by Crippen LogP contribution is 2.36. The maximum Gasteiger partial charge on any atom is 0.246 e. The Morgan fingerprint density at radius 1 is 1.06 bits per heavy atom. The Bertz CT molecular complexity index is 860. The van der Waals surface area contributed by atoms with Crippen molar-refractivity contribution in [3.8, 4) is 0 Å². The third kappa shape index (κ3) is 6.83. The number of piperidine rings is 1. The first kappa shape index (κ1) is 29.0. The third-order valence-electron chi connectivity index (χ3n) is 8.56. The molecule has 1 saturated carbocycles. The molecule has 0 radical (unpaired) electrons. The summed E-state index contributed by atoms with van der Waals surface area (Å²) in [6.07, 6.45) is 11.6. The van der Waals surface area contributed by atoms with Crippen LogP contribution in [0, 0.1) is 11.8 Å². The van der Waals surface area contributed by atoms with Gasteiger partial charge in [0, 0.05) is 26.2 Å². The zero-order chi connectivity index (χ0) is 24.8. The van der Waals surface area contributed by atoms with E-state index in [9.17, 15) is 9.59 Å². The molecule has 1 atom stereocenters. The molecule has 0 unspecified atom stereocenters. The van der Waals surface area contributed by atoms with E-state index in [1.54, 1.807) is 0 Å². The predicted octanol–water partition coefficient (Wildman–Crippen LogP) is 5.74. The van der Waals surface area contributed by atoms with Crippen molar-refractivity contribution in [2.75, 3.05) is 19.6 Å². The molecule has 2 saturated heterocycles. The molecule has 4 rings (SSSR count). The quantitative estimate of drug-likeness (QED) is 0.454. The van der Waals surface area contributed by atoms with Gasteiger partial charge in [0.15, 0.2) is 0 Å². The summed E-state index contributed by atoms with van der Waals surface area (Å²) in [5.74, 6) is 1.51. The van der Waals surface area contributed by atoms with E-state index in [4.69, 9.17) is 0 Å². The number of piperazine rings is 1. The molecule has 2 amide bonds. The summed E-state index contributed by atoms with van der Waals surface area (Å²) in [4.78, 5) is 31.8. The van der Waals surface area contributed by atoms with Gasteiger partial charge in [-0.1, -0.05) is 83.6 Å². The largest absolute Gasteiger partial charge is 0.342 e. The van der Waals surface area contributed by atoms with Crippen LogP contribution in [0.4, 0.5) is 0 Å². The number of benzene rings is 1. The van der Waals surface area contributed by atoms with Crippen LogP contribution in [0.2, 0.25) is 0 Å². The van der Waals surface area contributed by atoms with E-state index < -0.39 is 5.54 Å². The number of carbonyl (C=O) groups excluding carboxylic acids is 2. The molecule has 3 fully saturated rings. The molecule has 36 heavy (non-hydrogen) atoms. The Labute approximate surface area is 225 Å². The molecule has 1 aromatic rings. The van der Waals surface area contributed by atoms with E-state index in [1.807, 2.05) is 4.90 Å². The normalized spacial score (nSPS) is 23.1. The van der Waals surface area contributed by atoms with Gasteiger partial charge in [0.05, 0.1) is 0 Å². The minimum Gasteiger partial charge on any atom is -0.342 e. The van der Waals surface area contributed by atoms with Crippen molar-refractivity contribution >= 4 is 24.2 Å². The van der Waals surface area contributed by atoms with Crippen LogP contribution in [0.3, 0.4) is 0 Å². The van der Waals surface area contributed by atoms with Crippen molar-refractivity contribution in [3.63, 3.8) is 0 Å². The van der Waals surface area contributed by atoms with Crippen molar-refractivity contribution in [1.29, 1.82) is 0 Å². The first-order valence-electron chi connectivity index (χ1n) is 14.3. The molecule has 0 aromatic heterocycles. The Morgan fingerprint density at radius 2 is 1.75 bits per heavy atom. The molecule has 3 aliphatic rings. The standard InChI is InChI=1S/C30H47N3O2.ClH/c1-4-5-16-33-28(34)27(21-24-10-7-6-8-11-24)31-29(35)30(33)14-17-32(18-15-30)22-26-13-9-12-25(20-26)19-23(2)3;/h9,12-13,20,23-24,27H,4-8,10-11,14-19,21-22H2,1-3H3,(H,31,35);1H/t27-;/m0./s1. The lowest BCUT2D eigenvalue weighted by molar-refractivity contribution is -0.162. The van der Waals surface area contributed by atoms with Gasteiger partial charge in [-0.2, -0.15) is 0 Å². The van der Waals surface area contributed by atoms with Crippen molar-refractivity contribution in [1.82, 2.24) is 15.1 Å². The lowest BCUT2D eigenvalue weighted by Crippen LogP contribution is -2.73. The van der Waals surface area contributed by atoms with Gasteiger partial charge in [0.1, 0.15) is 11.6 Å². The summed E-state index contributed by atoms with van der Waals surface area (Å²) < 4.78 is 0. The minimum absolute atomic E-state index is 0. The number of nitrogens with zero attached hydrogens (tertiary/aromatic N) is 2. The summed E-state index contributed by atoms with van der Waals surface area (Å²) in [6, 6.07) is 8.63. The van der Waals surface area contributed by atoms with E-state index in [-0.39, 0.29) is 30.3 Å². The van der Waals surface area contributed by atoms with Crippen LogP contribution in [-0.4, -0.2) is 52.8 Å². The number of amides is 2. The second kappa shape index (κ2) is 13.3. The SMILES string of the molecule is CCCCN1C(=O)[C@H](CC2CCCCC2)NC(=O)C12CCN(Cc1cccc(CC(C)C)c1)CC2.Cl. The Kier molecular flexibility index (Phi) is 10.7. The van der Waals surface area contributed by atoms with Gasteiger partial charge in [0.25, 0.3) is 0 Å². The van der Waals surface area contributed by atoms with E-state index >= 15 is 0 Å². The van der Waals surface area contributed by atoms with Crippen LogP contribution in [0.5, 0.6) is 0 Å². The lowest BCUT2D eigenvalue weighted by Gasteiger charge is -2.52. The molecule has 6 heteroatoms. The average Bonchev–Trinajstić information content (AvgIpc) is 2.84. The van der Waals surface area contributed by atoms with Crippen molar-refractivity contribution < 1.29 is 9.59 Å². The third-order valence-corrected chi connectivity index (χ3v) is 8.56. The maximum atomic E-state index is 13.7. The monoisotopic (exact) mass is 517 g/mol. The van der Waals surface area contributed by atoms with Crippen LogP contribution in [0.25, 0.3) is 0 Å². The fourth-order valence-electron chi connectivity index (χ4n) is 6.59. The van der Waals surface area contributed by atoms with Crippen LogP contribution in [0.15, 0.2) is 24.3 Å². The van der Waals surface area contributed by atoms with Crippen LogP contribution in [0.1, 0.15) is 96.1 Å². The highest BCUT2D eigenvalue weighted by atomic mass is 35.5. The van der Waals surface area contributed by atoms with E-state index in [0.717, 1.165) is 58.2 Å². The van der Waals surface area contributed by atoms with Gasteiger partial charge in [-0.15, -0.1) is 12.4 Å². The summed E-state index contributed by atoms with van der Waals surface area (Å²) in [6.45, 7) is 10.0. The summed E-state index contributed by atoms with van der Waals surface area (Å²) in [7, 11) is 0. The molecule has 2 aliphatic heterocycles. The first-order valence-corrected chi connectivity index (χ1v) is 14.3. The van der Waals surface area contributed by atoms with E-state index in [1.165, 1.54) is 43.2 Å². The smallest absolute Gasteiger partial charge is 0.246 e. The zero-order valence-corrected chi connectivity index (χ0v) is 23.6. The highest BCUT2D eigenvalue weighted by molar-refractivity contribution is 6.00. The Morgan fingerprint density at radius 3 is 2.42 bits per heavy atom. The van der Waals surface area contributed by atoms with Crippen LogP contribution >= 0.6 is 12.4 Å². The first-order chi connectivity index (χ1) is 16.9. The molecule has 1 spiro atoms. The molecular formula is C30H48ClN3O2. The van der Waals surface area contributed by atoms with Gasteiger partial charge in [-0.25, -0.2) is 0 Å². The maximum absolute atomic E-state index is 13.7. The highest BCUT2D eigenvalue weighted by Gasteiger charge is 2.53. The van der Waals surface area contributed by atoms with E-state index in [2.05, 4.69) is 55.3 Å². The molecule has 1 N–H and O–H groups in total. The summed E-state index contributed by atoms with van der Waals surface area (Å²) in [5.41, 5.74) is 2.09. The van der Waals surface area contributed by atoms with Crippen molar-refractivity contribution in [2.45, 2.75) is 110 Å². The number of hydrogen-bond donors (Lipinski definition) is 1. The summed E-state index contributed by atoms with van der Waals surface area (Å²) >= 11 is 0. The molecular weight excluding hydrogens is 470 g/mol. The number of nitrogens with one attached hydrogen (secondary N) is 1. The average molecular weight is 518 g/mol. The molecule has 1 aliphatic carbocycles. The molecule has 0 bridgehead atoms. The number of likely N-dealkylation sites (tertiary alicyclic amines) is 1. The van der Waals surface area contributed by atoms with Gasteiger partial charge >= 0.3 is 0 Å². The van der Waals surface area contributed by atoms with Gasteiger partial charge < -0.3 is 10.2 Å². The predicted molar refractivity (Wildman–Crippen MR) is 149 cm³/mol. The number of rotatable bonds is 9. The Hall–Kier alpha value is -1.59. The Balaban J connectivity index is 0.00000361. The van der Waals surface area contributed by atoms with Gasteiger partial charge in [-0.3, -0.25) is 14.5 Å². The number of halogens is 1. The van der Waals surface area contributed by atoms with Crippen LogP contribution < -0.4 is 5.32 Å². The van der Waals surface area contributed by atoms with Crippen LogP contribution in [-0.2, 0) is 22.6 Å². The summed E-state index contributed by atoms with van der Waals surface area (Å²) in [5, 5.41) is 3.22. The number of carbonyl (C=O) groups is 2. The van der Waals surface area contributed by atoms with Crippen molar-refractivity contribution in [3.05, 3.63) is 35.4 Å². The second-order valence-corrected chi connectivity index (χ2v) is 11.8. The van der Waals surface area contributed by atoms with Gasteiger partial charge in [0.2, 0.25) is 11.8 Å². The fraction of sp³-hybridized carbons (Fsp3) is 0.733. The topological polar surface area (TPSA) is 52.7 Å². The molecule has 1 aromatic carbocycles. The molecule has 5 nitrogen and oxygen atoms in total. The number of hydrogen-bond acceptors (Lipinski definition) is 3. The van der Waals surface area contributed by atoms with Gasteiger partial charge in [-0.05, 0) is 55.1 Å². The van der Waals surface area contributed by atoms with Crippen molar-refractivity contribution in [2.24, 2.45) is 11.8 Å². The zero-order valence-electron chi connectivity index (χ0n) is 22.8. The minimum atomic E-state index is -0.661.